The van der Waals surface area contributed by atoms with Crippen LogP contribution in [0, 0.1) is 5.92 Å². The first-order chi connectivity index (χ1) is 11.1. The van der Waals surface area contributed by atoms with Crippen LogP contribution in [0.1, 0.15) is 110 Å². The first-order valence-electron chi connectivity index (χ1n) is 10.1. The van der Waals surface area contributed by atoms with E-state index < -0.39 is 5.97 Å². The highest BCUT2D eigenvalue weighted by atomic mass is 16.4. The van der Waals surface area contributed by atoms with Crippen molar-refractivity contribution >= 4 is 5.97 Å². The van der Waals surface area contributed by atoms with Crippen LogP contribution in [0.25, 0.3) is 0 Å². The first kappa shape index (κ1) is 22.2. The van der Waals surface area contributed by atoms with Gasteiger partial charge in [0.25, 0.3) is 0 Å². The van der Waals surface area contributed by atoms with Crippen LogP contribution in [0.15, 0.2) is 12.2 Å². The maximum Gasteiger partial charge on any atom is 0.331 e. The summed E-state index contributed by atoms with van der Waals surface area (Å²) in [5.74, 6) is -0.614. The smallest absolute Gasteiger partial charge is 0.331 e. The summed E-state index contributed by atoms with van der Waals surface area (Å²) in [7, 11) is 0. The zero-order chi connectivity index (χ0) is 17.3. The minimum atomic E-state index is -0.803. The Morgan fingerprint density at radius 3 is 1.43 bits per heavy atom. The summed E-state index contributed by atoms with van der Waals surface area (Å²) in [5, 5.41) is 9.22. The molecule has 0 rings (SSSR count). The van der Waals surface area contributed by atoms with Crippen LogP contribution in [0.4, 0.5) is 0 Å². The number of carbonyl (C=O) groups is 1. The normalized spacial score (nSPS) is 12.3. The van der Waals surface area contributed by atoms with Gasteiger partial charge in [-0.3, -0.25) is 0 Å². The lowest BCUT2D eigenvalue weighted by Gasteiger charge is -2.17. The van der Waals surface area contributed by atoms with Crippen molar-refractivity contribution in [3.63, 3.8) is 0 Å². The van der Waals surface area contributed by atoms with E-state index in [0.29, 0.717) is 5.57 Å². The van der Waals surface area contributed by atoms with Gasteiger partial charge >= 0.3 is 5.97 Å². The molecule has 1 unspecified atom stereocenters. The first-order valence-corrected chi connectivity index (χ1v) is 10.1. The highest BCUT2D eigenvalue weighted by Crippen LogP contribution is 2.25. The van der Waals surface area contributed by atoms with E-state index in [0.717, 1.165) is 25.7 Å². The maximum atomic E-state index is 11.2. The zero-order valence-electron chi connectivity index (χ0n) is 15.7. The molecule has 0 saturated carbocycles. The molecule has 136 valence electrons. The molecule has 23 heavy (non-hydrogen) atoms. The van der Waals surface area contributed by atoms with Crippen LogP contribution < -0.4 is 0 Å². The summed E-state index contributed by atoms with van der Waals surface area (Å²) in [6.07, 6.45) is 18.6. The average Bonchev–Trinajstić information content (AvgIpc) is 2.54. The molecule has 0 fully saturated rings. The lowest BCUT2D eigenvalue weighted by atomic mass is 9.88. The number of unbranched alkanes of at least 4 members (excludes halogenated alkanes) is 11. The molecule has 0 aliphatic heterocycles. The van der Waals surface area contributed by atoms with Gasteiger partial charge in [0.2, 0.25) is 0 Å². The molecule has 0 bridgehead atoms. The van der Waals surface area contributed by atoms with Gasteiger partial charge in [-0.1, -0.05) is 104 Å². The zero-order valence-corrected chi connectivity index (χ0v) is 15.7. The van der Waals surface area contributed by atoms with Crippen molar-refractivity contribution in [2.75, 3.05) is 0 Å². The van der Waals surface area contributed by atoms with E-state index in [1.807, 2.05) is 0 Å². The molecule has 1 N–H and O–H groups in total. The second-order valence-corrected chi connectivity index (χ2v) is 6.99. The molecule has 0 spiro atoms. The number of hydrogen-bond acceptors (Lipinski definition) is 1. The third-order valence-electron chi connectivity index (χ3n) is 4.83. The van der Waals surface area contributed by atoms with E-state index in [2.05, 4.69) is 20.4 Å². The van der Waals surface area contributed by atoms with Crippen LogP contribution in [-0.2, 0) is 4.79 Å². The predicted molar refractivity (Wildman–Crippen MR) is 101 cm³/mol. The Morgan fingerprint density at radius 1 is 0.739 bits per heavy atom. The second-order valence-electron chi connectivity index (χ2n) is 6.99. The molecule has 2 nitrogen and oxygen atoms in total. The molecule has 0 saturated heterocycles. The highest BCUT2D eigenvalue weighted by molar-refractivity contribution is 5.86. The number of carboxylic acid groups (broad SMARTS) is 1. The molecular formula is C21H40O2. The van der Waals surface area contributed by atoms with Crippen molar-refractivity contribution in [3.05, 3.63) is 12.2 Å². The summed E-state index contributed by atoms with van der Waals surface area (Å²) in [4.78, 5) is 11.2. The Labute approximate surface area is 144 Å². The molecule has 0 aromatic heterocycles. The minimum absolute atomic E-state index is 0.189. The molecule has 2 heteroatoms. The van der Waals surface area contributed by atoms with E-state index in [9.17, 15) is 9.90 Å². The summed E-state index contributed by atoms with van der Waals surface area (Å²) in [6, 6.07) is 0. The summed E-state index contributed by atoms with van der Waals surface area (Å²) in [5.41, 5.74) is 0.434. The van der Waals surface area contributed by atoms with Crippen molar-refractivity contribution in [1.82, 2.24) is 0 Å². The van der Waals surface area contributed by atoms with Crippen molar-refractivity contribution in [2.24, 2.45) is 5.92 Å². The SMILES string of the molecule is C=C(C(=O)O)C(CCCCCCC)CCCCCCCCCC. The van der Waals surface area contributed by atoms with E-state index in [-0.39, 0.29) is 5.92 Å². The van der Waals surface area contributed by atoms with E-state index in [1.54, 1.807) is 0 Å². The molecule has 0 amide bonds. The maximum absolute atomic E-state index is 11.2. The fourth-order valence-corrected chi connectivity index (χ4v) is 3.19. The number of aliphatic carboxylic acids is 1. The number of rotatable bonds is 17. The Hall–Kier alpha value is -0.790. The third-order valence-corrected chi connectivity index (χ3v) is 4.83. The molecule has 0 aromatic rings. The fourth-order valence-electron chi connectivity index (χ4n) is 3.19. The minimum Gasteiger partial charge on any atom is -0.478 e. The monoisotopic (exact) mass is 324 g/mol. The van der Waals surface area contributed by atoms with Crippen molar-refractivity contribution in [3.8, 4) is 0 Å². The van der Waals surface area contributed by atoms with E-state index >= 15 is 0 Å². The van der Waals surface area contributed by atoms with Crippen molar-refractivity contribution < 1.29 is 9.90 Å². The molecular weight excluding hydrogens is 284 g/mol. The quantitative estimate of drug-likeness (QED) is 0.228. The summed E-state index contributed by atoms with van der Waals surface area (Å²) >= 11 is 0. The van der Waals surface area contributed by atoms with Crippen molar-refractivity contribution in [1.29, 1.82) is 0 Å². The Morgan fingerprint density at radius 2 is 1.09 bits per heavy atom. The number of hydrogen-bond donors (Lipinski definition) is 1. The van der Waals surface area contributed by atoms with Crippen LogP contribution >= 0.6 is 0 Å². The van der Waals surface area contributed by atoms with Gasteiger partial charge in [-0.15, -0.1) is 0 Å². The molecule has 1 atom stereocenters. The summed E-state index contributed by atoms with van der Waals surface area (Å²) in [6.45, 7) is 8.29. The van der Waals surface area contributed by atoms with Gasteiger partial charge in [0.05, 0.1) is 0 Å². The van der Waals surface area contributed by atoms with Gasteiger partial charge < -0.3 is 5.11 Å². The van der Waals surface area contributed by atoms with Gasteiger partial charge in [-0.25, -0.2) is 4.79 Å². The lowest BCUT2D eigenvalue weighted by molar-refractivity contribution is -0.133. The Bertz CT molecular complexity index is 296. The van der Waals surface area contributed by atoms with Gasteiger partial charge in [-0.05, 0) is 18.8 Å². The van der Waals surface area contributed by atoms with E-state index in [1.165, 1.54) is 70.6 Å². The van der Waals surface area contributed by atoms with Crippen LogP contribution in [0.5, 0.6) is 0 Å². The second kappa shape index (κ2) is 16.1. The summed E-state index contributed by atoms with van der Waals surface area (Å²) < 4.78 is 0. The van der Waals surface area contributed by atoms with Gasteiger partial charge in [-0.2, -0.15) is 0 Å². The molecule has 0 heterocycles. The third kappa shape index (κ3) is 13.4. The van der Waals surface area contributed by atoms with Crippen LogP contribution in [-0.4, -0.2) is 11.1 Å². The Balaban J connectivity index is 3.84. The molecule has 0 aliphatic carbocycles. The molecule has 0 radical (unpaired) electrons. The average molecular weight is 325 g/mol. The van der Waals surface area contributed by atoms with Crippen LogP contribution in [0.2, 0.25) is 0 Å². The predicted octanol–water partition coefficient (Wildman–Crippen LogP) is 7.13. The molecule has 0 aliphatic rings. The largest absolute Gasteiger partial charge is 0.478 e. The van der Waals surface area contributed by atoms with E-state index in [4.69, 9.17) is 0 Å². The van der Waals surface area contributed by atoms with Gasteiger partial charge in [0.1, 0.15) is 0 Å². The fraction of sp³-hybridized carbons (Fsp3) is 0.857. The number of carboxylic acids is 1. The topological polar surface area (TPSA) is 37.3 Å². The standard InChI is InChI=1S/C21H40O2/c1-4-6-8-10-11-12-14-16-18-20(19(3)21(22)23)17-15-13-9-7-5-2/h20H,3-18H2,1-2H3,(H,22,23). The van der Waals surface area contributed by atoms with Crippen molar-refractivity contribution in [2.45, 2.75) is 110 Å². The Kier molecular flexibility index (Phi) is 15.5. The highest BCUT2D eigenvalue weighted by Gasteiger charge is 2.17. The van der Waals surface area contributed by atoms with Gasteiger partial charge in [0, 0.05) is 5.57 Å². The molecule has 0 aromatic carbocycles. The lowest BCUT2D eigenvalue weighted by Crippen LogP contribution is -2.12. The van der Waals surface area contributed by atoms with Gasteiger partial charge in [0.15, 0.2) is 0 Å². The van der Waals surface area contributed by atoms with Crippen LogP contribution in [0.3, 0.4) is 0 Å².